The van der Waals surface area contributed by atoms with E-state index in [1.165, 1.54) is 17.0 Å². The molecule has 1 rings (SSSR count). The van der Waals surface area contributed by atoms with Crippen LogP contribution in [0, 0.1) is 11.7 Å². The van der Waals surface area contributed by atoms with Crippen LogP contribution in [0.1, 0.15) is 13.8 Å². The van der Waals surface area contributed by atoms with E-state index in [2.05, 4.69) is 0 Å². The van der Waals surface area contributed by atoms with Gasteiger partial charge in [-0.3, -0.25) is 4.79 Å². The normalized spacial score (nSPS) is 12.6. The van der Waals surface area contributed by atoms with Gasteiger partial charge in [-0.1, -0.05) is 19.9 Å². The van der Waals surface area contributed by atoms with Crippen LogP contribution in [0.25, 0.3) is 0 Å². The van der Waals surface area contributed by atoms with Crippen LogP contribution >= 0.6 is 0 Å². The third-order valence-corrected chi connectivity index (χ3v) is 2.53. The van der Waals surface area contributed by atoms with Gasteiger partial charge in [0.05, 0.1) is 6.04 Å². The van der Waals surface area contributed by atoms with Crippen LogP contribution in [-0.4, -0.2) is 19.0 Å². The van der Waals surface area contributed by atoms with E-state index in [1.54, 1.807) is 19.2 Å². The number of nitrogens with zero attached hydrogens (tertiary/aromatic N) is 1. The van der Waals surface area contributed by atoms with E-state index in [0.717, 1.165) is 0 Å². The zero-order valence-electron chi connectivity index (χ0n) is 9.77. The molecule has 0 aliphatic rings. The number of halogens is 1. The zero-order valence-corrected chi connectivity index (χ0v) is 9.77. The van der Waals surface area contributed by atoms with Gasteiger partial charge in [0.2, 0.25) is 5.91 Å². The molecule has 0 saturated heterocycles. The molecule has 0 aliphatic carbocycles. The number of likely N-dealkylation sites (N-methyl/N-ethyl adjacent to an activating group) is 1. The van der Waals surface area contributed by atoms with Crippen molar-refractivity contribution in [2.24, 2.45) is 11.7 Å². The first kappa shape index (κ1) is 12.6. The summed E-state index contributed by atoms with van der Waals surface area (Å²) in [5.41, 5.74) is 6.27. The number of nitrogens with two attached hydrogens (primary N) is 1. The number of rotatable bonds is 3. The number of carbonyl (C=O) groups excluding carboxylic acids is 1. The number of carbonyl (C=O) groups is 1. The lowest BCUT2D eigenvalue weighted by Crippen LogP contribution is -2.45. The largest absolute Gasteiger partial charge is 0.320 e. The number of amides is 1. The minimum absolute atomic E-state index is 0.0588. The van der Waals surface area contributed by atoms with Gasteiger partial charge >= 0.3 is 0 Å². The summed E-state index contributed by atoms with van der Waals surface area (Å²) in [6.45, 7) is 3.75. The lowest BCUT2D eigenvalue weighted by atomic mass is 10.0. The number of benzene rings is 1. The van der Waals surface area contributed by atoms with Crippen molar-refractivity contribution in [1.82, 2.24) is 0 Å². The summed E-state index contributed by atoms with van der Waals surface area (Å²) in [5, 5.41) is 0. The first-order chi connectivity index (χ1) is 7.43. The first-order valence-corrected chi connectivity index (χ1v) is 5.22. The molecule has 0 bridgehead atoms. The predicted molar refractivity (Wildman–Crippen MR) is 62.6 cm³/mol. The van der Waals surface area contributed by atoms with Crippen molar-refractivity contribution in [2.75, 3.05) is 11.9 Å². The fraction of sp³-hybridized carbons (Fsp3) is 0.417. The van der Waals surface area contributed by atoms with Gasteiger partial charge in [-0.15, -0.1) is 0 Å². The SMILES string of the molecule is CC(C)[C@H](N)C(=O)N(C)c1cccc(F)c1. The molecule has 0 radical (unpaired) electrons. The van der Waals surface area contributed by atoms with E-state index >= 15 is 0 Å². The zero-order chi connectivity index (χ0) is 12.3. The van der Waals surface area contributed by atoms with Crippen LogP contribution < -0.4 is 10.6 Å². The van der Waals surface area contributed by atoms with E-state index in [0.29, 0.717) is 5.69 Å². The van der Waals surface area contributed by atoms with Crippen molar-refractivity contribution in [3.63, 3.8) is 0 Å². The highest BCUT2D eigenvalue weighted by Gasteiger charge is 2.21. The Morgan fingerprint density at radius 2 is 2.06 bits per heavy atom. The van der Waals surface area contributed by atoms with Crippen LogP contribution in [0.3, 0.4) is 0 Å². The fourth-order valence-corrected chi connectivity index (χ4v) is 1.32. The van der Waals surface area contributed by atoms with Crippen LogP contribution in [0.2, 0.25) is 0 Å². The number of hydrogen-bond acceptors (Lipinski definition) is 2. The molecule has 1 amide bonds. The molecule has 0 aliphatic heterocycles. The van der Waals surface area contributed by atoms with Crippen LogP contribution in [-0.2, 0) is 4.79 Å². The number of hydrogen-bond donors (Lipinski definition) is 1. The number of anilines is 1. The van der Waals surface area contributed by atoms with Crippen molar-refractivity contribution in [1.29, 1.82) is 0 Å². The molecule has 0 aromatic heterocycles. The van der Waals surface area contributed by atoms with Gasteiger partial charge in [-0.2, -0.15) is 0 Å². The highest BCUT2D eigenvalue weighted by molar-refractivity contribution is 5.96. The Kier molecular flexibility index (Phi) is 4.01. The molecule has 1 atom stereocenters. The molecule has 2 N–H and O–H groups in total. The van der Waals surface area contributed by atoms with Crippen molar-refractivity contribution >= 4 is 11.6 Å². The third-order valence-electron chi connectivity index (χ3n) is 2.53. The van der Waals surface area contributed by atoms with E-state index in [1.807, 2.05) is 13.8 Å². The van der Waals surface area contributed by atoms with E-state index in [9.17, 15) is 9.18 Å². The Labute approximate surface area is 95.0 Å². The molecule has 0 spiro atoms. The molecule has 88 valence electrons. The molecule has 1 aromatic carbocycles. The first-order valence-electron chi connectivity index (χ1n) is 5.22. The summed E-state index contributed by atoms with van der Waals surface area (Å²) in [6, 6.07) is 5.33. The van der Waals surface area contributed by atoms with Crippen molar-refractivity contribution in [3.8, 4) is 0 Å². The lowest BCUT2D eigenvalue weighted by Gasteiger charge is -2.23. The van der Waals surface area contributed by atoms with Gasteiger partial charge in [-0.05, 0) is 24.1 Å². The predicted octanol–water partition coefficient (Wildman–Crippen LogP) is 1.77. The topological polar surface area (TPSA) is 46.3 Å². The second-order valence-electron chi connectivity index (χ2n) is 4.15. The van der Waals surface area contributed by atoms with Gasteiger partial charge in [-0.25, -0.2) is 4.39 Å². The molecule has 0 fully saturated rings. The van der Waals surface area contributed by atoms with Gasteiger partial charge < -0.3 is 10.6 Å². The van der Waals surface area contributed by atoms with Gasteiger partial charge in [0.15, 0.2) is 0 Å². The molecule has 1 aromatic rings. The maximum absolute atomic E-state index is 13.0. The summed E-state index contributed by atoms with van der Waals surface area (Å²) in [6.07, 6.45) is 0. The van der Waals surface area contributed by atoms with Crippen molar-refractivity contribution in [2.45, 2.75) is 19.9 Å². The Morgan fingerprint density at radius 1 is 1.44 bits per heavy atom. The molecule has 4 heteroatoms. The molecule has 3 nitrogen and oxygen atoms in total. The van der Waals surface area contributed by atoms with Crippen LogP contribution in [0.5, 0.6) is 0 Å². The summed E-state index contributed by atoms with van der Waals surface area (Å²) in [7, 11) is 1.60. The molecule has 0 saturated carbocycles. The Bertz CT molecular complexity index is 379. The molecule has 0 heterocycles. The van der Waals surface area contributed by atoms with E-state index in [-0.39, 0.29) is 17.6 Å². The van der Waals surface area contributed by atoms with Crippen LogP contribution in [0.4, 0.5) is 10.1 Å². The monoisotopic (exact) mass is 224 g/mol. The molecular formula is C12H17FN2O. The molecule has 16 heavy (non-hydrogen) atoms. The minimum Gasteiger partial charge on any atom is -0.320 e. The Hall–Kier alpha value is -1.42. The molecular weight excluding hydrogens is 207 g/mol. The summed E-state index contributed by atoms with van der Waals surface area (Å²) in [5.74, 6) is -0.514. The van der Waals surface area contributed by atoms with E-state index in [4.69, 9.17) is 5.73 Å². The Morgan fingerprint density at radius 3 is 2.56 bits per heavy atom. The average Bonchev–Trinajstić information content (AvgIpc) is 2.26. The standard InChI is InChI=1S/C12H17FN2O/c1-8(2)11(14)12(16)15(3)10-6-4-5-9(13)7-10/h4-8,11H,14H2,1-3H3/t11-/m0/s1. The second-order valence-corrected chi connectivity index (χ2v) is 4.15. The second kappa shape index (κ2) is 5.07. The maximum atomic E-state index is 13.0. The van der Waals surface area contributed by atoms with Gasteiger partial charge in [0.1, 0.15) is 5.82 Å². The van der Waals surface area contributed by atoms with Gasteiger partial charge in [0.25, 0.3) is 0 Å². The average molecular weight is 224 g/mol. The van der Waals surface area contributed by atoms with Crippen molar-refractivity contribution in [3.05, 3.63) is 30.1 Å². The summed E-state index contributed by atoms with van der Waals surface area (Å²) in [4.78, 5) is 13.3. The highest BCUT2D eigenvalue weighted by atomic mass is 19.1. The smallest absolute Gasteiger partial charge is 0.243 e. The van der Waals surface area contributed by atoms with Crippen molar-refractivity contribution < 1.29 is 9.18 Å². The lowest BCUT2D eigenvalue weighted by molar-refractivity contribution is -0.120. The van der Waals surface area contributed by atoms with E-state index < -0.39 is 6.04 Å². The van der Waals surface area contributed by atoms with Crippen LogP contribution in [0.15, 0.2) is 24.3 Å². The third kappa shape index (κ3) is 2.79. The summed E-state index contributed by atoms with van der Waals surface area (Å²) < 4.78 is 13.0. The quantitative estimate of drug-likeness (QED) is 0.850. The summed E-state index contributed by atoms with van der Waals surface area (Å²) >= 11 is 0. The molecule has 0 unspecified atom stereocenters. The highest BCUT2D eigenvalue weighted by Crippen LogP contribution is 2.15. The minimum atomic E-state index is -0.562. The Balaban J connectivity index is 2.86. The maximum Gasteiger partial charge on any atom is 0.243 e. The van der Waals surface area contributed by atoms with Gasteiger partial charge in [0, 0.05) is 12.7 Å². The fourth-order valence-electron chi connectivity index (χ4n) is 1.32.